The second kappa shape index (κ2) is 60.4. The summed E-state index contributed by atoms with van der Waals surface area (Å²) in [4.78, 5) is 24.5. The molecule has 416 valence electrons. The molecule has 2 atom stereocenters. The highest BCUT2D eigenvalue weighted by Crippen LogP contribution is 2.17. The lowest BCUT2D eigenvalue weighted by Gasteiger charge is -2.20. The molecule has 0 bridgehead atoms. The summed E-state index contributed by atoms with van der Waals surface area (Å²) >= 11 is 0. The van der Waals surface area contributed by atoms with E-state index in [1.165, 1.54) is 250 Å². The van der Waals surface area contributed by atoms with Crippen LogP contribution in [0.5, 0.6) is 0 Å². The summed E-state index contributed by atoms with van der Waals surface area (Å²) in [5.74, 6) is -0.0713. The first-order valence-corrected chi connectivity index (χ1v) is 31.4. The maximum atomic E-state index is 12.5. The molecule has 71 heavy (non-hydrogen) atoms. The zero-order valence-electron chi connectivity index (χ0n) is 47.5. The number of hydrogen-bond acceptors (Lipinski definition) is 5. The third-order valence-corrected chi connectivity index (χ3v) is 14.3. The molecule has 0 saturated heterocycles. The SMILES string of the molecule is CCCC/C=C\CCCCCCCC(=O)OCCCCCCCCCCC/C=C\C/C=C\CCCCCCCCCCCCCC(=O)NC(CO)C(O)/C=C/CCCCCCCCCCCCCCCC. The van der Waals surface area contributed by atoms with E-state index in [0.29, 0.717) is 19.4 Å². The maximum absolute atomic E-state index is 12.5. The van der Waals surface area contributed by atoms with E-state index in [2.05, 4.69) is 55.6 Å². The zero-order chi connectivity index (χ0) is 51.4. The van der Waals surface area contributed by atoms with Crippen LogP contribution in [0.15, 0.2) is 48.6 Å². The van der Waals surface area contributed by atoms with Crippen LogP contribution in [0.25, 0.3) is 0 Å². The largest absolute Gasteiger partial charge is 0.466 e. The Hall–Kier alpha value is -2.18. The number of rotatable bonds is 58. The van der Waals surface area contributed by atoms with Crippen molar-refractivity contribution >= 4 is 11.9 Å². The Kier molecular flexibility index (Phi) is 58.5. The van der Waals surface area contributed by atoms with Crippen LogP contribution in [0, 0.1) is 0 Å². The van der Waals surface area contributed by atoms with Crippen molar-refractivity contribution in [2.75, 3.05) is 13.2 Å². The van der Waals surface area contributed by atoms with Gasteiger partial charge in [-0.25, -0.2) is 0 Å². The molecule has 2 unspecified atom stereocenters. The number of amides is 1. The molecule has 0 spiro atoms. The van der Waals surface area contributed by atoms with Crippen LogP contribution < -0.4 is 5.32 Å². The van der Waals surface area contributed by atoms with Crippen molar-refractivity contribution in [3.05, 3.63) is 48.6 Å². The van der Waals surface area contributed by atoms with Crippen LogP contribution in [0.2, 0.25) is 0 Å². The average Bonchev–Trinajstić information content (AvgIpc) is 3.37. The Labute approximate surface area is 442 Å². The molecule has 3 N–H and O–H groups in total. The molecule has 0 aliphatic rings. The average molecular weight is 997 g/mol. The van der Waals surface area contributed by atoms with Crippen molar-refractivity contribution in [1.29, 1.82) is 0 Å². The molecule has 0 aliphatic carbocycles. The smallest absolute Gasteiger partial charge is 0.305 e. The van der Waals surface area contributed by atoms with E-state index in [0.717, 1.165) is 51.4 Å². The minimum Gasteiger partial charge on any atom is -0.466 e. The molecule has 0 aliphatic heterocycles. The molecular formula is C65H121NO5. The molecule has 0 aromatic rings. The fraction of sp³-hybridized carbons (Fsp3) is 0.846. The Morgan fingerprint density at radius 2 is 0.718 bits per heavy atom. The Balaban J connectivity index is 3.45. The highest BCUT2D eigenvalue weighted by atomic mass is 16.5. The summed E-state index contributed by atoms with van der Waals surface area (Å²) in [5.41, 5.74) is 0. The van der Waals surface area contributed by atoms with E-state index < -0.39 is 12.1 Å². The van der Waals surface area contributed by atoms with Crippen molar-refractivity contribution in [3.8, 4) is 0 Å². The van der Waals surface area contributed by atoms with E-state index in [1.807, 2.05) is 6.08 Å². The number of hydrogen-bond donors (Lipinski definition) is 3. The van der Waals surface area contributed by atoms with E-state index >= 15 is 0 Å². The third-order valence-electron chi connectivity index (χ3n) is 14.3. The Morgan fingerprint density at radius 1 is 0.394 bits per heavy atom. The number of nitrogens with one attached hydrogen (secondary N) is 1. The van der Waals surface area contributed by atoms with Gasteiger partial charge in [-0.2, -0.15) is 0 Å². The fourth-order valence-corrected chi connectivity index (χ4v) is 9.47. The minimum absolute atomic E-state index is 0.00124. The topological polar surface area (TPSA) is 95.9 Å². The molecule has 0 saturated carbocycles. The first-order chi connectivity index (χ1) is 35.0. The first-order valence-electron chi connectivity index (χ1n) is 31.4. The molecule has 6 nitrogen and oxygen atoms in total. The summed E-state index contributed by atoms with van der Waals surface area (Å²) in [6, 6.07) is -0.631. The number of aliphatic hydroxyl groups is 2. The van der Waals surface area contributed by atoms with E-state index in [-0.39, 0.29) is 18.5 Å². The van der Waals surface area contributed by atoms with Gasteiger partial charge in [-0.05, 0) is 83.5 Å². The van der Waals surface area contributed by atoms with Crippen LogP contribution in [-0.4, -0.2) is 47.4 Å². The molecule has 0 radical (unpaired) electrons. The zero-order valence-corrected chi connectivity index (χ0v) is 47.5. The van der Waals surface area contributed by atoms with Gasteiger partial charge in [-0.3, -0.25) is 9.59 Å². The molecule has 0 fully saturated rings. The van der Waals surface area contributed by atoms with E-state index in [1.54, 1.807) is 6.08 Å². The fourth-order valence-electron chi connectivity index (χ4n) is 9.47. The Morgan fingerprint density at radius 3 is 1.13 bits per heavy atom. The van der Waals surface area contributed by atoms with E-state index in [9.17, 15) is 19.8 Å². The van der Waals surface area contributed by atoms with Crippen LogP contribution in [0.4, 0.5) is 0 Å². The molecule has 0 aromatic heterocycles. The lowest BCUT2D eigenvalue weighted by Crippen LogP contribution is -2.45. The molecule has 6 heteroatoms. The van der Waals surface area contributed by atoms with Crippen LogP contribution in [-0.2, 0) is 14.3 Å². The van der Waals surface area contributed by atoms with Crippen LogP contribution in [0.1, 0.15) is 328 Å². The molecular weight excluding hydrogens is 875 g/mol. The minimum atomic E-state index is -0.847. The monoisotopic (exact) mass is 996 g/mol. The van der Waals surface area contributed by atoms with Gasteiger partial charge in [0.25, 0.3) is 0 Å². The predicted molar refractivity (Wildman–Crippen MR) is 310 cm³/mol. The molecule has 0 aromatic carbocycles. The quantitative estimate of drug-likeness (QED) is 0.0321. The maximum Gasteiger partial charge on any atom is 0.305 e. The van der Waals surface area contributed by atoms with Gasteiger partial charge in [0.1, 0.15) is 0 Å². The molecule has 0 heterocycles. The highest BCUT2D eigenvalue weighted by Gasteiger charge is 2.18. The number of allylic oxidation sites excluding steroid dienone is 7. The van der Waals surface area contributed by atoms with Gasteiger partial charge in [0.2, 0.25) is 5.91 Å². The van der Waals surface area contributed by atoms with Gasteiger partial charge in [-0.1, -0.05) is 281 Å². The summed E-state index contributed by atoms with van der Waals surface area (Å²) in [5, 5.41) is 23.1. The summed E-state index contributed by atoms with van der Waals surface area (Å²) in [7, 11) is 0. The van der Waals surface area contributed by atoms with Gasteiger partial charge in [0.15, 0.2) is 0 Å². The lowest BCUT2D eigenvalue weighted by molar-refractivity contribution is -0.143. The number of unbranched alkanes of at least 4 members (excludes halogenated alkanes) is 41. The van der Waals surface area contributed by atoms with Gasteiger partial charge < -0.3 is 20.3 Å². The van der Waals surface area contributed by atoms with Gasteiger partial charge >= 0.3 is 5.97 Å². The Bertz CT molecular complexity index is 1190. The second-order valence-electron chi connectivity index (χ2n) is 21.4. The lowest BCUT2D eigenvalue weighted by atomic mass is 10.0. The van der Waals surface area contributed by atoms with Crippen molar-refractivity contribution in [2.45, 2.75) is 341 Å². The summed E-state index contributed by atoms with van der Waals surface area (Å²) in [6.07, 6.45) is 77.3. The second-order valence-corrected chi connectivity index (χ2v) is 21.4. The van der Waals surface area contributed by atoms with Crippen molar-refractivity contribution in [3.63, 3.8) is 0 Å². The van der Waals surface area contributed by atoms with Gasteiger partial charge in [-0.15, -0.1) is 0 Å². The van der Waals surface area contributed by atoms with E-state index in [4.69, 9.17) is 4.74 Å². The number of esters is 1. The molecule has 0 rings (SSSR count). The normalized spacial score (nSPS) is 12.9. The van der Waals surface area contributed by atoms with Crippen molar-refractivity contribution in [1.82, 2.24) is 5.32 Å². The predicted octanol–water partition coefficient (Wildman–Crippen LogP) is 19.7. The third kappa shape index (κ3) is 57.0. The van der Waals surface area contributed by atoms with Crippen molar-refractivity contribution in [2.24, 2.45) is 0 Å². The number of carbonyl (C=O) groups is 2. The number of ether oxygens (including phenoxy) is 1. The summed E-state index contributed by atoms with van der Waals surface area (Å²) < 4.78 is 5.45. The number of aliphatic hydroxyl groups excluding tert-OH is 2. The standard InChI is InChI=1S/C65H121NO5/c1-3-5-7-9-11-13-15-16-17-31-34-38-41-45-49-53-57-63(68)62(61-67)66-64(69)58-54-50-46-42-39-35-32-29-27-25-23-21-19-18-20-22-24-26-28-30-33-36-40-44-48-52-56-60-71-65(70)59-55-51-47-43-37-14-12-10-8-6-4-2/h10,12,18-19,22,24,53,57,62-63,67-68H,3-9,11,13-17,20-21,23,25-52,54-56,58-61H2,1-2H3,(H,66,69)/b12-10-,19-18-,24-22-,57-53+. The summed E-state index contributed by atoms with van der Waals surface area (Å²) in [6.45, 7) is 4.87. The number of carbonyl (C=O) groups excluding carboxylic acids is 2. The van der Waals surface area contributed by atoms with Gasteiger partial charge in [0, 0.05) is 12.8 Å². The first kappa shape index (κ1) is 68.8. The van der Waals surface area contributed by atoms with Crippen molar-refractivity contribution < 1.29 is 24.5 Å². The highest BCUT2D eigenvalue weighted by molar-refractivity contribution is 5.76. The van der Waals surface area contributed by atoms with Crippen LogP contribution in [0.3, 0.4) is 0 Å². The molecule has 1 amide bonds. The van der Waals surface area contributed by atoms with Crippen LogP contribution >= 0.6 is 0 Å². The van der Waals surface area contributed by atoms with Gasteiger partial charge in [0.05, 0.1) is 25.4 Å².